The van der Waals surface area contributed by atoms with Crippen molar-refractivity contribution in [3.05, 3.63) is 24.3 Å². The number of hydrogen-bond donors (Lipinski definition) is 3. The Morgan fingerprint density at radius 3 is 2.67 bits per heavy atom. The van der Waals surface area contributed by atoms with Gasteiger partial charge in [-0.1, -0.05) is 12.1 Å². The van der Waals surface area contributed by atoms with E-state index in [1.54, 1.807) is 12.1 Å². The summed E-state index contributed by atoms with van der Waals surface area (Å²) in [6.07, 6.45) is 0.612. The summed E-state index contributed by atoms with van der Waals surface area (Å²) in [5, 5.41) is 9.94. The lowest BCUT2D eigenvalue weighted by molar-refractivity contribution is -0.137. The molecule has 15 heavy (non-hydrogen) atoms. The summed E-state index contributed by atoms with van der Waals surface area (Å²) in [6, 6.07) is 7.22. The maximum absolute atomic E-state index is 10.3. The van der Waals surface area contributed by atoms with Crippen LogP contribution in [0.5, 0.6) is 0 Å². The highest BCUT2D eigenvalue weighted by Crippen LogP contribution is 2.19. The lowest BCUT2D eigenvalue weighted by Crippen LogP contribution is -2.32. The fourth-order valence-electron chi connectivity index (χ4n) is 1.27. The van der Waals surface area contributed by atoms with Crippen LogP contribution in [0, 0.1) is 0 Å². The van der Waals surface area contributed by atoms with E-state index in [4.69, 9.17) is 16.7 Å². The van der Waals surface area contributed by atoms with E-state index in [1.165, 1.54) is 5.01 Å². The molecule has 5 heteroatoms. The summed E-state index contributed by atoms with van der Waals surface area (Å²) in [5.41, 5.74) is 7.03. The summed E-state index contributed by atoms with van der Waals surface area (Å²) in [4.78, 5) is 10.3. The number of hydrazine groups is 1. The van der Waals surface area contributed by atoms with Gasteiger partial charge in [0.15, 0.2) is 0 Å². The van der Waals surface area contributed by atoms with Gasteiger partial charge in [-0.2, -0.15) is 0 Å². The zero-order chi connectivity index (χ0) is 11.3. The Labute approximate surface area is 88.3 Å². The molecule has 0 aromatic heterocycles. The third-order valence-corrected chi connectivity index (χ3v) is 2.04. The molecule has 5 nitrogen and oxygen atoms in total. The van der Waals surface area contributed by atoms with E-state index in [-0.39, 0.29) is 6.42 Å². The van der Waals surface area contributed by atoms with Gasteiger partial charge in [0.1, 0.15) is 0 Å². The van der Waals surface area contributed by atoms with Crippen molar-refractivity contribution in [2.24, 2.45) is 5.84 Å². The standard InChI is InChI=1S/C10H15N3O2/c11-8-4-1-2-5-9(8)13(12)7-3-6-10(14)15/h1-2,4-5H,3,6-7,11-12H2,(H,14,15). The average Bonchev–Trinajstić information content (AvgIpc) is 2.17. The Hall–Kier alpha value is -1.75. The zero-order valence-electron chi connectivity index (χ0n) is 8.39. The van der Waals surface area contributed by atoms with Gasteiger partial charge in [0.25, 0.3) is 0 Å². The Bertz CT molecular complexity index is 341. The lowest BCUT2D eigenvalue weighted by Gasteiger charge is -2.19. The van der Waals surface area contributed by atoms with Gasteiger partial charge in [-0.15, -0.1) is 0 Å². The Morgan fingerprint density at radius 1 is 1.40 bits per heavy atom. The molecule has 1 aromatic rings. The van der Waals surface area contributed by atoms with E-state index in [2.05, 4.69) is 0 Å². The van der Waals surface area contributed by atoms with Gasteiger partial charge in [0, 0.05) is 13.0 Å². The maximum atomic E-state index is 10.3. The fraction of sp³-hybridized carbons (Fsp3) is 0.300. The van der Waals surface area contributed by atoms with Crippen molar-refractivity contribution in [2.45, 2.75) is 12.8 Å². The molecule has 5 N–H and O–H groups in total. The summed E-state index contributed by atoms with van der Waals surface area (Å²) in [7, 11) is 0. The quantitative estimate of drug-likeness (QED) is 0.379. The van der Waals surface area contributed by atoms with Crippen LogP contribution in [0.1, 0.15) is 12.8 Å². The van der Waals surface area contributed by atoms with Gasteiger partial charge < -0.3 is 15.8 Å². The minimum atomic E-state index is -0.815. The first kappa shape index (κ1) is 11.3. The van der Waals surface area contributed by atoms with Gasteiger partial charge in [-0.25, -0.2) is 5.84 Å². The first-order valence-corrected chi connectivity index (χ1v) is 4.70. The maximum Gasteiger partial charge on any atom is 0.303 e. The molecule has 0 unspecified atom stereocenters. The number of nitrogen functional groups attached to an aromatic ring is 1. The summed E-state index contributed by atoms with van der Waals surface area (Å²) < 4.78 is 0. The van der Waals surface area contributed by atoms with Crippen LogP contribution < -0.4 is 16.6 Å². The van der Waals surface area contributed by atoms with Crippen molar-refractivity contribution in [3.8, 4) is 0 Å². The molecule has 0 fully saturated rings. The van der Waals surface area contributed by atoms with Gasteiger partial charge in [0.2, 0.25) is 0 Å². The Kier molecular flexibility index (Phi) is 3.93. The molecule has 0 aliphatic carbocycles. The van der Waals surface area contributed by atoms with Crippen LogP contribution >= 0.6 is 0 Å². The molecule has 0 atom stereocenters. The van der Waals surface area contributed by atoms with E-state index >= 15 is 0 Å². The summed E-state index contributed by atoms with van der Waals surface area (Å²) >= 11 is 0. The number of anilines is 2. The number of rotatable bonds is 5. The van der Waals surface area contributed by atoms with Crippen molar-refractivity contribution in [2.75, 3.05) is 17.3 Å². The summed E-state index contributed by atoms with van der Waals surface area (Å²) in [6.45, 7) is 0.473. The van der Waals surface area contributed by atoms with Crippen LogP contribution in [0.25, 0.3) is 0 Å². The zero-order valence-corrected chi connectivity index (χ0v) is 8.39. The molecule has 0 saturated heterocycles. The van der Waals surface area contributed by atoms with Crippen molar-refractivity contribution >= 4 is 17.3 Å². The topological polar surface area (TPSA) is 92.6 Å². The molecule has 0 bridgehead atoms. The molecular weight excluding hydrogens is 194 g/mol. The van der Waals surface area contributed by atoms with E-state index in [0.29, 0.717) is 18.7 Å². The average molecular weight is 209 g/mol. The molecule has 0 radical (unpaired) electrons. The molecule has 0 saturated carbocycles. The molecule has 0 aliphatic rings. The van der Waals surface area contributed by atoms with E-state index in [1.807, 2.05) is 12.1 Å². The van der Waals surface area contributed by atoms with Crippen molar-refractivity contribution < 1.29 is 9.90 Å². The largest absolute Gasteiger partial charge is 0.481 e. The number of carboxylic acid groups (broad SMARTS) is 1. The molecule has 0 spiro atoms. The minimum Gasteiger partial charge on any atom is -0.481 e. The summed E-state index contributed by atoms with van der Waals surface area (Å²) in [5.74, 6) is 4.93. The van der Waals surface area contributed by atoms with E-state index in [0.717, 1.165) is 5.69 Å². The van der Waals surface area contributed by atoms with Crippen molar-refractivity contribution in [3.63, 3.8) is 0 Å². The number of nitrogens with zero attached hydrogens (tertiary/aromatic N) is 1. The predicted octanol–water partition coefficient (Wildman–Crippen LogP) is 0.814. The molecule has 82 valence electrons. The third-order valence-electron chi connectivity index (χ3n) is 2.04. The Balaban J connectivity index is 2.50. The number of benzene rings is 1. The van der Waals surface area contributed by atoms with Crippen LogP contribution in [0.4, 0.5) is 11.4 Å². The lowest BCUT2D eigenvalue weighted by atomic mass is 10.2. The molecule has 0 heterocycles. The highest BCUT2D eigenvalue weighted by Gasteiger charge is 2.05. The van der Waals surface area contributed by atoms with E-state index in [9.17, 15) is 4.79 Å². The monoisotopic (exact) mass is 209 g/mol. The number of carboxylic acids is 1. The number of nitrogens with two attached hydrogens (primary N) is 2. The molecule has 1 aromatic carbocycles. The van der Waals surface area contributed by atoms with Crippen LogP contribution in [0.15, 0.2) is 24.3 Å². The second-order valence-corrected chi connectivity index (χ2v) is 3.25. The first-order valence-electron chi connectivity index (χ1n) is 4.70. The Morgan fingerprint density at radius 2 is 2.07 bits per heavy atom. The van der Waals surface area contributed by atoms with E-state index < -0.39 is 5.97 Å². The van der Waals surface area contributed by atoms with Crippen LogP contribution in [0.2, 0.25) is 0 Å². The molecular formula is C10H15N3O2. The smallest absolute Gasteiger partial charge is 0.303 e. The SMILES string of the molecule is Nc1ccccc1N(N)CCCC(=O)O. The van der Waals surface area contributed by atoms with Gasteiger partial charge in [-0.05, 0) is 18.6 Å². The normalized spacial score (nSPS) is 9.93. The second-order valence-electron chi connectivity index (χ2n) is 3.25. The first-order chi connectivity index (χ1) is 7.11. The number of carbonyl (C=O) groups is 1. The number of aliphatic carboxylic acids is 1. The van der Waals surface area contributed by atoms with Crippen molar-refractivity contribution in [1.29, 1.82) is 0 Å². The predicted molar refractivity (Wildman–Crippen MR) is 59.3 cm³/mol. The van der Waals surface area contributed by atoms with Crippen LogP contribution in [-0.2, 0) is 4.79 Å². The molecule has 0 amide bonds. The molecule has 1 rings (SSSR count). The van der Waals surface area contributed by atoms with Gasteiger partial charge >= 0.3 is 5.97 Å². The van der Waals surface area contributed by atoms with Crippen molar-refractivity contribution in [1.82, 2.24) is 0 Å². The third kappa shape index (κ3) is 3.47. The fourth-order valence-corrected chi connectivity index (χ4v) is 1.27. The van der Waals surface area contributed by atoms with Crippen LogP contribution in [0.3, 0.4) is 0 Å². The number of hydrogen-bond acceptors (Lipinski definition) is 4. The van der Waals surface area contributed by atoms with Gasteiger partial charge in [-0.3, -0.25) is 4.79 Å². The number of para-hydroxylation sites is 2. The van der Waals surface area contributed by atoms with Crippen LogP contribution in [-0.4, -0.2) is 17.6 Å². The second kappa shape index (κ2) is 5.21. The molecule has 0 aliphatic heterocycles. The highest BCUT2D eigenvalue weighted by atomic mass is 16.4. The highest BCUT2D eigenvalue weighted by molar-refractivity contribution is 5.68. The minimum absolute atomic E-state index is 0.112. The van der Waals surface area contributed by atoms with Gasteiger partial charge in [0.05, 0.1) is 11.4 Å².